The van der Waals surface area contributed by atoms with Crippen LogP contribution in [0.4, 0.5) is 5.82 Å². The van der Waals surface area contributed by atoms with Crippen molar-refractivity contribution < 1.29 is 4.74 Å². The van der Waals surface area contributed by atoms with Gasteiger partial charge in [0.1, 0.15) is 17.4 Å². The Bertz CT molecular complexity index is 589. The zero-order valence-electron chi connectivity index (χ0n) is 13.2. The number of aromatic nitrogens is 3. The zero-order chi connectivity index (χ0) is 15.4. The van der Waals surface area contributed by atoms with Crippen LogP contribution in [0.1, 0.15) is 24.4 Å². The predicted octanol–water partition coefficient (Wildman–Crippen LogP) is 2.78. The maximum absolute atomic E-state index is 5.84. The lowest BCUT2D eigenvalue weighted by atomic mass is 9.98. The second-order valence-corrected chi connectivity index (χ2v) is 5.84. The summed E-state index contributed by atoms with van der Waals surface area (Å²) in [5.74, 6) is 3.41. The van der Waals surface area contributed by atoms with E-state index < -0.39 is 0 Å². The summed E-state index contributed by atoms with van der Waals surface area (Å²) in [6.45, 7) is 6.81. The fourth-order valence-electron chi connectivity index (χ4n) is 2.84. The van der Waals surface area contributed by atoms with Gasteiger partial charge in [0.05, 0.1) is 6.61 Å². The fraction of sp³-hybridized carbons (Fsp3) is 0.471. The van der Waals surface area contributed by atoms with Gasteiger partial charge < -0.3 is 9.64 Å². The van der Waals surface area contributed by atoms with Crippen LogP contribution in [0, 0.1) is 19.8 Å². The van der Waals surface area contributed by atoms with E-state index in [9.17, 15) is 0 Å². The second-order valence-electron chi connectivity index (χ2n) is 5.84. The Labute approximate surface area is 131 Å². The molecule has 3 heterocycles. The minimum absolute atomic E-state index is 0.605. The van der Waals surface area contributed by atoms with Crippen LogP contribution in [0.2, 0.25) is 0 Å². The Morgan fingerprint density at radius 1 is 1.14 bits per heavy atom. The molecule has 5 nitrogen and oxygen atoms in total. The number of ether oxygens (including phenoxy) is 1. The van der Waals surface area contributed by atoms with Gasteiger partial charge in [-0.2, -0.15) is 0 Å². The van der Waals surface area contributed by atoms with Crippen molar-refractivity contribution in [2.75, 3.05) is 24.6 Å². The monoisotopic (exact) mass is 298 g/mol. The number of hydrogen-bond acceptors (Lipinski definition) is 5. The average Bonchev–Trinajstić information content (AvgIpc) is 2.53. The van der Waals surface area contributed by atoms with Crippen molar-refractivity contribution >= 4 is 5.82 Å². The first kappa shape index (κ1) is 14.8. The maximum Gasteiger partial charge on any atom is 0.132 e. The number of hydrogen-bond donors (Lipinski definition) is 0. The lowest BCUT2D eigenvalue weighted by Gasteiger charge is -2.32. The number of anilines is 1. The van der Waals surface area contributed by atoms with Gasteiger partial charge in [-0.1, -0.05) is 0 Å². The number of rotatable bonds is 4. The summed E-state index contributed by atoms with van der Waals surface area (Å²) in [5.41, 5.74) is 1.03. The highest BCUT2D eigenvalue weighted by Gasteiger charge is 2.21. The van der Waals surface area contributed by atoms with Crippen LogP contribution < -0.4 is 9.64 Å². The van der Waals surface area contributed by atoms with Crippen molar-refractivity contribution in [2.24, 2.45) is 5.92 Å². The van der Waals surface area contributed by atoms with Crippen molar-refractivity contribution in [3.8, 4) is 5.75 Å². The third kappa shape index (κ3) is 3.72. The van der Waals surface area contributed by atoms with Crippen LogP contribution in [-0.2, 0) is 0 Å². The quantitative estimate of drug-likeness (QED) is 0.868. The molecule has 0 N–H and O–H groups in total. The Balaban J connectivity index is 1.52. The predicted molar refractivity (Wildman–Crippen MR) is 86.2 cm³/mol. The van der Waals surface area contributed by atoms with Gasteiger partial charge in [-0.15, -0.1) is 0 Å². The van der Waals surface area contributed by atoms with Crippen LogP contribution in [-0.4, -0.2) is 34.6 Å². The van der Waals surface area contributed by atoms with E-state index in [1.165, 1.54) is 0 Å². The molecule has 1 fully saturated rings. The van der Waals surface area contributed by atoms with Crippen LogP contribution in [0.5, 0.6) is 5.75 Å². The lowest BCUT2D eigenvalue weighted by molar-refractivity contribution is 0.222. The van der Waals surface area contributed by atoms with E-state index in [1.54, 1.807) is 12.4 Å². The van der Waals surface area contributed by atoms with Crippen LogP contribution >= 0.6 is 0 Å². The summed E-state index contributed by atoms with van der Waals surface area (Å²) in [6, 6.07) is 5.88. The Morgan fingerprint density at radius 2 is 1.86 bits per heavy atom. The van der Waals surface area contributed by atoms with E-state index in [0.29, 0.717) is 5.92 Å². The lowest BCUT2D eigenvalue weighted by Crippen LogP contribution is -2.36. The topological polar surface area (TPSA) is 51.1 Å². The maximum atomic E-state index is 5.84. The SMILES string of the molecule is Cc1cc(N2CCC(COc3ccncc3)CC2)nc(C)n1. The molecule has 5 heteroatoms. The molecule has 3 rings (SSSR count). The third-order valence-electron chi connectivity index (χ3n) is 4.03. The van der Waals surface area contributed by atoms with Gasteiger partial charge in [-0.05, 0) is 44.7 Å². The van der Waals surface area contributed by atoms with Crippen LogP contribution in [0.3, 0.4) is 0 Å². The number of pyridine rings is 1. The van der Waals surface area contributed by atoms with Crippen LogP contribution in [0.15, 0.2) is 30.6 Å². The largest absolute Gasteiger partial charge is 0.493 e. The molecule has 0 spiro atoms. The zero-order valence-corrected chi connectivity index (χ0v) is 13.2. The first-order valence-electron chi connectivity index (χ1n) is 7.81. The molecular formula is C17H22N4O. The van der Waals surface area contributed by atoms with E-state index in [4.69, 9.17) is 4.74 Å². The Morgan fingerprint density at radius 3 is 2.55 bits per heavy atom. The van der Waals surface area contributed by atoms with Crippen molar-refractivity contribution in [3.05, 3.63) is 42.1 Å². The van der Waals surface area contributed by atoms with Crippen LogP contribution in [0.25, 0.3) is 0 Å². The molecule has 116 valence electrons. The van der Waals surface area contributed by atoms with Crippen molar-refractivity contribution in [1.29, 1.82) is 0 Å². The van der Waals surface area contributed by atoms with Gasteiger partial charge >= 0.3 is 0 Å². The number of nitrogens with zero attached hydrogens (tertiary/aromatic N) is 4. The van der Waals surface area contributed by atoms with Gasteiger partial charge in [-0.3, -0.25) is 4.98 Å². The summed E-state index contributed by atoms with van der Waals surface area (Å²) in [5, 5.41) is 0. The van der Waals surface area contributed by atoms with E-state index in [2.05, 4.69) is 25.9 Å². The number of aryl methyl sites for hydroxylation is 2. The van der Waals surface area contributed by atoms with Gasteiger partial charge in [0, 0.05) is 37.2 Å². The molecule has 1 aliphatic rings. The molecule has 22 heavy (non-hydrogen) atoms. The molecule has 0 saturated carbocycles. The molecule has 0 bridgehead atoms. The normalized spacial score (nSPS) is 15.8. The molecule has 1 saturated heterocycles. The van der Waals surface area contributed by atoms with Crippen molar-refractivity contribution in [3.63, 3.8) is 0 Å². The van der Waals surface area contributed by atoms with E-state index in [-0.39, 0.29) is 0 Å². The molecule has 0 aromatic carbocycles. The molecule has 0 amide bonds. The molecule has 0 aliphatic carbocycles. The van der Waals surface area contributed by atoms with Gasteiger partial charge in [0.25, 0.3) is 0 Å². The second kappa shape index (κ2) is 6.73. The fourth-order valence-corrected chi connectivity index (χ4v) is 2.84. The first-order chi connectivity index (χ1) is 10.7. The molecule has 1 aliphatic heterocycles. The Kier molecular flexibility index (Phi) is 4.51. The first-order valence-corrected chi connectivity index (χ1v) is 7.81. The highest BCUT2D eigenvalue weighted by atomic mass is 16.5. The minimum atomic E-state index is 0.605. The third-order valence-corrected chi connectivity index (χ3v) is 4.03. The van der Waals surface area contributed by atoms with Gasteiger partial charge in [0.2, 0.25) is 0 Å². The number of piperidine rings is 1. The standard InChI is InChI=1S/C17H22N4O/c1-13-11-17(20-14(2)19-13)21-9-5-15(6-10-21)12-22-16-3-7-18-8-4-16/h3-4,7-8,11,15H,5-6,9-10,12H2,1-2H3. The molecular weight excluding hydrogens is 276 g/mol. The molecule has 2 aromatic heterocycles. The Hall–Kier alpha value is -2.17. The van der Waals surface area contributed by atoms with Gasteiger partial charge in [0.15, 0.2) is 0 Å². The summed E-state index contributed by atoms with van der Waals surface area (Å²) in [7, 11) is 0. The summed E-state index contributed by atoms with van der Waals surface area (Å²) >= 11 is 0. The molecule has 0 radical (unpaired) electrons. The van der Waals surface area contributed by atoms with E-state index in [0.717, 1.165) is 55.6 Å². The van der Waals surface area contributed by atoms with Crippen molar-refractivity contribution in [2.45, 2.75) is 26.7 Å². The van der Waals surface area contributed by atoms with Crippen molar-refractivity contribution in [1.82, 2.24) is 15.0 Å². The average molecular weight is 298 g/mol. The highest BCUT2D eigenvalue weighted by molar-refractivity contribution is 5.40. The molecule has 2 aromatic rings. The van der Waals surface area contributed by atoms with E-state index in [1.807, 2.05) is 26.0 Å². The molecule has 0 atom stereocenters. The summed E-state index contributed by atoms with van der Waals surface area (Å²) < 4.78 is 5.84. The van der Waals surface area contributed by atoms with Gasteiger partial charge in [-0.25, -0.2) is 9.97 Å². The highest BCUT2D eigenvalue weighted by Crippen LogP contribution is 2.23. The summed E-state index contributed by atoms with van der Waals surface area (Å²) in [6.07, 6.45) is 5.79. The smallest absolute Gasteiger partial charge is 0.132 e. The molecule has 0 unspecified atom stereocenters. The minimum Gasteiger partial charge on any atom is -0.493 e. The van der Waals surface area contributed by atoms with E-state index >= 15 is 0 Å². The summed E-state index contributed by atoms with van der Waals surface area (Å²) in [4.78, 5) is 15.2.